The Kier molecular flexibility index (Phi) is 4.56. The van der Waals surface area contributed by atoms with Crippen LogP contribution >= 0.6 is 43.2 Å². The highest BCUT2D eigenvalue weighted by atomic mass is 79.9. The number of hydrogen-bond acceptors (Lipinski definition) is 2. The van der Waals surface area contributed by atoms with Crippen LogP contribution in [0.25, 0.3) is 0 Å². The monoisotopic (exact) mass is 352 g/mol. The Balaban J connectivity index is 2.62. The first-order chi connectivity index (χ1) is 6.79. The predicted octanol–water partition coefficient (Wildman–Crippen LogP) is 5.28. The molecule has 0 fully saturated rings. The number of hydrogen-bond donors (Lipinski definition) is 0. The van der Waals surface area contributed by atoms with Gasteiger partial charge >= 0.3 is 0 Å². The minimum atomic E-state index is 0.224. The number of rotatable bonds is 3. The Labute approximate surface area is 112 Å². The highest BCUT2D eigenvalue weighted by molar-refractivity contribution is 9.13. The van der Waals surface area contributed by atoms with Crippen LogP contribution in [0.3, 0.4) is 0 Å². The van der Waals surface area contributed by atoms with Crippen molar-refractivity contribution in [2.75, 3.05) is 0 Å². The second-order valence-corrected chi connectivity index (χ2v) is 7.94. The number of thiophene rings is 1. The molecule has 1 nitrogen and oxygen atoms in total. The quantitative estimate of drug-likeness (QED) is 0.675. The summed E-state index contributed by atoms with van der Waals surface area (Å²) in [6, 6.07) is 1.89. The summed E-state index contributed by atoms with van der Waals surface area (Å²) in [7, 11) is 0. The van der Waals surface area contributed by atoms with Crippen molar-refractivity contribution in [2.45, 2.75) is 33.6 Å². The molecule has 84 valence electrons. The Morgan fingerprint density at radius 2 is 2.00 bits per heavy atom. The number of carbonyl (C=O) groups is 1. The van der Waals surface area contributed by atoms with Gasteiger partial charge in [-0.3, -0.25) is 4.79 Å². The van der Waals surface area contributed by atoms with Gasteiger partial charge in [-0.1, -0.05) is 20.8 Å². The van der Waals surface area contributed by atoms with Crippen molar-refractivity contribution in [2.24, 2.45) is 5.41 Å². The van der Waals surface area contributed by atoms with E-state index in [4.69, 9.17) is 0 Å². The van der Waals surface area contributed by atoms with E-state index in [1.165, 1.54) is 11.3 Å². The lowest BCUT2D eigenvalue weighted by atomic mass is 9.89. The third-order valence-corrected chi connectivity index (χ3v) is 5.32. The zero-order chi connectivity index (χ0) is 11.6. The van der Waals surface area contributed by atoms with E-state index in [2.05, 4.69) is 52.6 Å². The Bertz CT molecular complexity index is 344. The molecule has 1 aromatic rings. The van der Waals surface area contributed by atoms with Crippen molar-refractivity contribution in [3.05, 3.63) is 19.2 Å². The van der Waals surface area contributed by atoms with E-state index in [9.17, 15) is 4.79 Å². The summed E-state index contributed by atoms with van der Waals surface area (Å²) in [6.45, 7) is 6.46. The molecule has 0 radical (unpaired) electrons. The van der Waals surface area contributed by atoms with Gasteiger partial charge in [0.1, 0.15) is 0 Å². The average Bonchev–Trinajstić information content (AvgIpc) is 2.42. The molecular weight excluding hydrogens is 340 g/mol. The van der Waals surface area contributed by atoms with E-state index in [1.807, 2.05) is 6.07 Å². The van der Waals surface area contributed by atoms with Crippen LogP contribution in [0.4, 0.5) is 0 Å². The first-order valence-corrected chi connectivity index (χ1v) is 7.18. The van der Waals surface area contributed by atoms with E-state index >= 15 is 0 Å². The van der Waals surface area contributed by atoms with Gasteiger partial charge in [0.05, 0.1) is 8.66 Å². The van der Waals surface area contributed by atoms with Crippen molar-refractivity contribution in [3.63, 3.8) is 0 Å². The predicted molar refractivity (Wildman–Crippen MR) is 72.7 cm³/mol. The molecule has 1 heterocycles. The molecule has 0 bridgehead atoms. The molecule has 0 aliphatic carbocycles. The van der Waals surface area contributed by atoms with E-state index in [0.717, 1.165) is 19.6 Å². The van der Waals surface area contributed by atoms with Crippen LogP contribution in [0.15, 0.2) is 14.3 Å². The molecule has 0 aliphatic rings. The molecule has 0 aliphatic heterocycles. The molecule has 0 N–H and O–H groups in total. The van der Waals surface area contributed by atoms with Crippen LogP contribution in [0, 0.1) is 5.41 Å². The third-order valence-electron chi connectivity index (χ3n) is 2.02. The van der Waals surface area contributed by atoms with Crippen molar-refractivity contribution < 1.29 is 4.79 Å². The van der Waals surface area contributed by atoms with Crippen LogP contribution in [0.1, 0.15) is 43.3 Å². The summed E-state index contributed by atoms with van der Waals surface area (Å²) in [4.78, 5) is 12.7. The molecule has 1 rings (SSSR count). The zero-order valence-electron chi connectivity index (χ0n) is 9.06. The van der Waals surface area contributed by atoms with Crippen LogP contribution < -0.4 is 0 Å². The fourth-order valence-corrected chi connectivity index (χ4v) is 3.10. The second-order valence-electron chi connectivity index (χ2n) is 4.72. The molecule has 0 spiro atoms. The van der Waals surface area contributed by atoms with Gasteiger partial charge in [0.15, 0.2) is 5.78 Å². The topological polar surface area (TPSA) is 17.1 Å². The van der Waals surface area contributed by atoms with Gasteiger partial charge in [-0.2, -0.15) is 0 Å². The van der Waals surface area contributed by atoms with Gasteiger partial charge in [-0.15, -0.1) is 11.3 Å². The Morgan fingerprint density at radius 1 is 1.40 bits per heavy atom. The van der Waals surface area contributed by atoms with E-state index in [-0.39, 0.29) is 11.2 Å². The van der Waals surface area contributed by atoms with E-state index in [0.29, 0.717) is 6.42 Å². The maximum atomic E-state index is 11.8. The zero-order valence-corrected chi connectivity index (χ0v) is 13.1. The van der Waals surface area contributed by atoms with Crippen molar-refractivity contribution in [1.82, 2.24) is 0 Å². The number of carbonyl (C=O) groups excluding carboxylic acids is 1. The lowest BCUT2D eigenvalue weighted by molar-refractivity contribution is 0.0970. The summed E-state index contributed by atoms with van der Waals surface area (Å²) in [5.41, 5.74) is 0.224. The molecule has 0 unspecified atom stereocenters. The van der Waals surface area contributed by atoms with Crippen molar-refractivity contribution in [3.8, 4) is 0 Å². The Morgan fingerprint density at radius 3 is 2.40 bits per heavy atom. The summed E-state index contributed by atoms with van der Waals surface area (Å²) in [5, 5.41) is 0. The maximum Gasteiger partial charge on any atom is 0.172 e. The summed E-state index contributed by atoms with van der Waals surface area (Å²) >= 11 is 8.27. The minimum Gasteiger partial charge on any atom is -0.293 e. The normalized spacial score (nSPS) is 11.8. The molecule has 1 aromatic heterocycles. The van der Waals surface area contributed by atoms with Crippen molar-refractivity contribution >= 4 is 49.0 Å². The largest absolute Gasteiger partial charge is 0.293 e. The van der Waals surface area contributed by atoms with Crippen LogP contribution in [0.2, 0.25) is 0 Å². The summed E-state index contributed by atoms with van der Waals surface area (Å²) in [6.07, 6.45) is 1.56. The summed E-state index contributed by atoms with van der Waals surface area (Å²) in [5.74, 6) is 0.237. The van der Waals surface area contributed by atoms with Gasteiger partial charge < -0.3 is 0 Å². The molecule has 0 aromatic carbocycles. The van der Waals surface area contributed by atoms with E-state index in [1.54, 1.807) is 0 Å². The van der Waals surface area contributed by atoms with Crippen molar-refractivity contribution in [1.29, 1.82) is 0 Å². The third kappa shape index (κ3) is 4.37. The maximum absolute atomic E-state index is 11.8. The minimum absolute atomic E-state index is 0.224. The smallest absolute Gasteiger partial charge is 0.172 e. The highest BCUT2D eigenvalue weighted by Crippen LogP contribution is 2.33. The number of halogens is 2. The van der Waals surface area contributed by atoms with Gasteiger partial charge in [0.25, 0.3) is 0 Å². The van der Waals surface area contributed by atoms with Gasteiger partial charge in [-0.05, 0) is 49.8 Å². The van der Waals surface area contributed by atoms with Gasteiger partial charge in [0, 0.05) is 10.9 Å². The molecule has 0 saturated heterocycles. The fourth-order valence-electron chi connectivity index (χ4n) is 1.10. The molecule has 0 atom stereocenters. The summed E-state index contributed by atoms with van der Waals surface area (Å²) < 4.78 is 1.95. The molecule has 15 heavy (non-hydrogen) atoms. The standard InChI is InChI=1S/C11H14Br2OS/c1-11(2,3)5-4-8(14)9-6-7(12)10(13)15-9/h6H,4-5H2,1-3H3. The number of ketones is 1. The number of Topliss-reactive ketones (excluding diaryl/α,β-unsaturated/α-hetero) is 1. The van der Waals surface area contributed by atoms with Gasteiger partial charge in [0.2, 0.25) is 0 Å². The molecule has 4 heteroatoms. The lowest BCUT2D eigenvalue weighted by Gasteiger charge is -2.16. The second kappa shape index (κ2) is 5.11. The highest BCUT2D eigenvalue weighted by Gasteiger charge is 2.16. The average molecular weight is 354 g/mol. The lowest BCUT2D eigenvalue weighted by Crippen LogP contribution is -2.08. The first kappa shape index (κ1) is 13.4. The van der Waals surface area contributed by atoms with Crippen LogP contribution in [0.5, 0.6) is 0 Å². The van der Waals surface area contributed by atoms with E-state index < -0.39 is 0 Å². The van der Waals surface area contributed by atoms with Gasteiger partial charge in [-0.25, -0.2) is 0 Å². The molecule has 0 saturated carbocycles. The SMILES string of the molecule is CC(C)(C)CCC(=O)c1cc(Br)c(Br)s1. The molecule has 0 amide bonds. The Hall–Kier alpha value is 0.330. The van der Waals surface area contributed by atoms with Crippen LogP contribution in [-0.4, -0.2) is 5.78 Å². The first-order valence-electron chi connectivity index (χ1n) is 4.77. The van der Waals surface area contributed by atoms with Crippen LogP contribution in [-0.2, 0) is 0 Å². The fraction of sp³-hybridized carbons (Fsp3) is 0.545. The molecular formula is C11H14Br2OS.